The Kier molecular flexibility index (Phi) is 4.98. The van der Waals surface area contributed by atoms with Crippen molar-refractivity contribution in [3.8, 4) is 11.3 Å². The molecule has 9 heteroatoms. The van der Waals surface area contributed by atoms with Crippen LogP contribution in [0, 0.1) is 19.7 Å². The highest BCUT2D eigenvalue weighted by Crippen LogP contribution is 2.40. The molecular weight excluding hydrogens is 401 g/mol. The van der Waals surface area contributed by atoms with Crippen molar-refractivity contribution < 1.29 is 17.3 Å². The number of thiophene rings is 1. The predicted molar refractivity (Wildman–Crippen MR) is 107 cm³/mol. The first-order valence-electron chi connectivity index (χ1n) is 8.89. The molecule has 0 aliphatic carbocycles. The lowest BCUT2D eigenvalue weighted by Crippen LogP contribution is -2.48. The average molecular weight is 422 g/mol. The monoisotopic (exact) mass is 421 g/mol. The van der Waals surface area contributed by atoms with Crippen molar-refractivity contribution >= 4 is 27.0 Å². The topological polar surface area (TPSA) is 66.7 Å². The Balaban J connectivity index is 1.60. The summed E-state index contributed by atoms with van der Waals surface area (Å²) in [6, 6.07) is 7.95. The van der Waals surface area contributed by atoms with E-state index in [0.29, 0.717) is 42.4 Å². The predicted octanol–water partition coefficient (Wildman–Crippen LogP) is 3.67. The van der Waals surface area contributed by atoms with Crippen molar-refractivity contribution in [2.24, 2.45) is 0 Å². The summed E-state index contributed by atoms with van der Waals surface area (Å²) < 4.78 is 46.8. The molecule has 1 fully saturated rings. The molecule has 1 aliphatic heterocycles. The summed E-state index contributed by atoms with van der Waals surface area (Å²) in [7, 11) is -3.67. The molecule has 0 spiro atoms. The van der Waals surface area contributed by atoms with E-state index in [0.717, 1.165) is 15.4 Å². The first kappa shape index (κ1) is 19.1. The maximum absolute atomic E-state index is 13.4. The van der Waals surface area contributed by atoms with Crippen LogP contribution in [0.4, 0.5) is 10.1 Å². The van der Waals surface area contributed by atoms with E-state index in [2.05, 4.69) is 10.1 Å². The number of piperazine rings is 1. The normalized spacial score (nSPS) is 15.9. The molecular formula is C19H20FN3O3S2. The smallest absolute Gasteiger partial charge is 0.245 e. The number of nitrogens with zero attached hydrogens (tertiary/aromatic N) is 3. The van der Waals surface area contributed by atoms with E-state index in [1.165, 1.54) is 34.0 Å². The Bertz CT molecular complexity index is 1070. The van der Waals surface area contributed by atoms with Crippen LogP contribution in [-0.4, -0.2) is 44.1 Å². The Morgan fingerprint density at radius 3 is 2.32 bits per heavy atom. The molecule has 148 valence electrons. The lowest BCUT2D eigenvalue weighted by molar-refractivity contribution is 0.384. The number of hydrogen-bond acceptors (Lipinski definition) is 6. The van der Waals surface area contributed by atoms with Gasteiger partial charge < -0.3 is 9.42 Å². The van der Waals surface area contributed by atoms with Gasteiger partial charge in [-0.3, -0.25) is 0 Å². The summed E-state index contributed by atoms with van der Waals surface area (Å²) in [4.78, 5) is 4.00. The van der Waals surface area contributed by atoms with Gasteiger partial charge in [0.05, 0.1) is 11.8 Å². The Hall–Kier alpha value is -2.23. The summed E-state index contributed by atoms with van der Waals surface area (Å²) in [5, 5.41) is 3.72. The molecule has 3 aromatic rings. The van der Waals surface area contributed by atoms with Gasteiger partial charge >= 0.3 is 0 Å². The third-order valence-electron chi connectivity index (χ3n) is 4.92. The van der Waals surface area contributed by atoms with Crippen LogP contribution >= 0.6 is 11.3 Å². The Morgan fingerprint density at radius 1 is 1.04 bits per heavy atom. The largest absolute Gasteiger partial charge is 0.369 e. The van der Waals surface area contributed by atoms with Gasteiger partial charge in [-0.1, -0.05) is 5.16 Å². The number of aromatic nitrogens is 1. The van der Waals surface area contributed by atoms with Gasteiger partial charge in [0.25, 0.3) is 0 Å². The number of anilines is 1. The number of hydrogen-bond donors (Lipinski definition) is 0. The lowest BCUT2D eigenvalue weighted by atomic mass is 10.2. The van der Waals surface area contributed by atoms with Crippen LogP contribution in [0.5, 0.6) is 0 Å². The number of halogens is 1. The second kappa shape index (κ2) is 7.31. The van der Waals surface area contributed by atoms with Crippen LogP contribution in [0.3, 0.4) is 0 Å². The van der Waals surface area contributed by atoms with E-state index < -0.39 is 10.0 Å². The summed E-state index contributed by atoms with van der Waals surface area (Å²) in [6.07, 6.45) is 1.51. The molecule has 0 bridgehead atoms. The molecule has 1 aromatic carbocycles. The zero-order chi connectivity index (χ0) is 19.9. The summed E-state index contributed by atoms with van der Waals surface area (Å²) in [6.45, 7) is 5.53. The van der Waals surface area contributed by atoms with Crippen molar-refractivity contribution in [1.82, 2.24) is 9.46 Å². The molecule has 0 N–H and O–H groups in total. The molecule has 0 unspecified atom stereocenters. The fourth-order valence-corrected chi connectivity index (χ4v) is 6.81. The highest BCUT2D eigenvalue weighted by molar-refractivity contribution is 7.89. The highest BCUT2D eigenvalue weighted by Gasteiger charge is 2.34. The summed E-state index contributed by atoms with van der Waals surface area (Å²) in [5.41, 5.74) is 1.49. The Morgan fingerprint density at radius 2 is 1.71 bits per heavy atom. The Labute approximate surface area is 167 Å². The minimum Gasteiger partial charge on any atom is -0.369 e. The van der Waals surface area contributed by atoms with Crippen molar-refractivity contribution in [2.75, 3.05) is 31.1 Å². The molecule has 0 saturated carbocycles. The van der Waals surface area contributed by atoms with Gasteiger partial charge in [-0.05, 0) is 38.1 Å². The number of benzene rings is 1. The molecule has 1 aliphatic rings. The molecule has 2 aromatic heterocycles. The van der Waals surface area contributed by atoms with E-state index in [-0.39, 0.29) is 5.82 Å². The van der Waals surface area contributed by atoms with E-state index in [4.69, 9.17) is 4.52 Å². The van der Waals surface area contributed by atoms with Crippen LogP contribution in [0.25, 0.3) is 11.3 Å². The highest BCUT2D eigenvalue weighted by atomic mass is 32.2. The molecule has 28 heavy (non-hydrogen) atoms. The van der Waals surface area contributed by atoms with E-state index >= 15 is 0 Å². The fraction of sp³-hybridized carbons (Fsp3) is 0.316. The minimum absolute atomic E-state index is 0.284. The second-order valence-corrected chi connectivity index (χ2v) is 9.97. The SMILES string of the molecule is Cc1sc(C)c(S(=O)(=O)N2CCN(c3ccc(F)cc3)CC2)c1-c1ccno1. The zero-order valence-electron chi connectivity index (χ0n) is 15.6. The van der Waals surface area contributed by atoms with Gasteiger partial charge in [0, 0.05) is 47.7 Å². The quantitative estimate of drug-likeness (QED) is 0.643. The van der Waals surface area contributed by atoms with E-state index in [9.17, 15) is 12.8 Å². The van der Waals surface area contributed by atoms with Crippen LogP contribution in [0.2, 0.25) is 0 Å². The molecule has 1 saturated heterocycles. The van der Waals surface area contributed by atoms with Gasteiger partial charge in [-0.25, -0.2) is 12.8 Å². The van der Waals surface area contributed by atoms with Gasteiger partial charge in [-0.15, -0.1) is 11.3 Å². The third kappa shape index (κ3) is 3.34. The van der Waals surface area contributed by atoms with E-state index in [1.807, 2.05) is 13.8 Å². The first-order valence-corrected chi connectivity index (χ1v) is 11.2. The van der Waals surface area contributed by atoms with Gasteiger partial charge in [0.2, 0.25) is 10.0 Å². The van der Waals surface area contributed by atoms with Crippen LogP contribution in [0.15, 0.2) is 45.9 Å². The number of rotatable bonds is 4. The van der Waals surface area contributed by atoms with Crippen LogP contribution in [0.1, 0.15) is 9.75 Å². The molecule has 0 radical (unpaired) electrons. The minimum atomic E-state index is -3.67. The van der Waals surface area contributed by atoms with Crippen molar-refractivity contribution in [2.45, 2.75) is 18.7 Å². The first-order chi connectivity index (χ1) is 13.4. The van der Waals surface area contributed by atoms with E-state index in [1.54, 1.807) is 18.2 Å². The third-order valence-corrected chi connectivity index (χ3v) is 8.14. The zero-order valence-corrected chi connectivity index (χ0v) is 17.2. The lowest BCUT2D eigenvalue weighted by Gasteiger charge is -2.35. The maximum Gasteiger partial charge on any atom is 0.245 e. The maximum atomic E-state index is 13.4. The second-order valence-electron chi connectivity index (χ2n) is 6.66. The van der Waals surface area contributed by atoms with Gasteiger partial charge in [-0.2, -0.15) is 4.31 Å². The van der Waals surface area contributed by atoms with Crippen molar-refractivity contribution in [1.29, 1.82) is 0 Å². The summed E-state index contributed by atoms with van der Waals surface area (Å²) in [5.74, 6) is 0.179. The van der Waals surface area contributed by atoms with Crippen molar-refractivity contribution in [3.63, 3.8) is 0 Å². The van der Waals surface area contributed by atoms with Gasteiger partial charge in [0.1, 0.15) is 10.7 Å². The molecule has 3 heterocycles. The fourth-order valence-electron chi connectivity index (χ4n) is 3.57. The average Bonchev–Trinajstić information content (AvgIpc) is 3.30. The number of sulfonamides is 1. The molecule has 0 amide bonds. The van der Waals surface area contributed by atoms with Gasteiger partial charge in [0.15, 0.2) is 5.76 Å². The number of aryl methyl sites for hydroxylation is 2. The van der Waals surface area contributed by atoms with Crippen LogP contribution in [-0.2, 0) is 10.0 Å². The molecule has 6 nitrogen and oxygen atoms in total. The molecule has 0 atom stereocenters. The van der Waals surface area contributed by atoms with Crippen LogP contribution < -0.4 is 4.90 Å². The molecule has 4 rings (SSSR count). The summed E-state index contributed by atoms with van der Waals surface area (Å²) >= 11 is 1.44. The standard InChI is InChI=1S/C19H20FN3O3S2/c1-13-18(17-7-8-21-26-17)19(14(2)27-13)28(24,25)23-11-9-22(10-12-23)16-5-3-15(20)4-6-16/h3-8H,9-12H2,1-2H3. The van der Waals surface area contributed by atoms with Crippen molar-refractivity contribution in [3.05, 3.63) is 52.1 Å².